The van der Waals surface area contributed by atoms with Crippen LogP contribution < -0.4 is 9.64 Å². The molecule has 2 aromatic carbocycles. The molecule has 0 aliphatic heterocycles. The van der Waals surface area contributed by atoms with Gasteiger partial charge < -0.3 is 14.7 Å². The SMILES string of the molecule is COc1cccc(N(C)c2ccc(CO)cc2Cl)c1. The molecule has 100 valence electrons. The van der Waals surface area contributed by atoms with E-state index in [2.05, 4.69) is 0 Å². The van der Waals surface area contributed by atoms with Crippen LogP contribution in [-0.2, 0) is 6.61 Å². The fourth-order valence-corrected chi connectivity index (χ4v) is 2.21. The highest BCUT2D eigenvalue weighted by Crippen LogP contribution is 2.32. The van der Waals surface area contributed by atoms with Crippen molar-refractivity contribution in [3.05, 3.63) is 53.1 Å². The van der Waals surface area contributed by atoms with E-state index in [0.717, 1.165) is 22.7 Å². The average molecular weight is 278 g/mol. The summed E-state index contributed by atoms with van der Waals surface area (Å²) in [6.07, 6.45) is 0. The van der Waals surface area contributed by atoms with Gasteiger partial charge in [-0.3, -0.25) is 0 Å². The maximum atomic E-state index is 9.09. The quantitative estimate of drug-likeness (QED) is 0.927. The first-order chi connectivity index (χ1) is 9.15. The highest BCUT2D eigenvalue weighted by molar-refractivity contribution is 6.33. The zero-order valence-electron chi connectivity index (χ0n) is 10.9. The summed E-state index contributed by atoms with van der Waals surface area (Å²) in [5.74, 6) is 0.799. The van der Waals surface area contributed by atoms with E-state index in [9.17, 15) is 0 Å². The number of hydrogen-bond donors (Lipinski definition) is 1. The van der Waals surface area contributed by atoms with Crippen molar-refractivity contribution in [1.29, 1.82) is 0 Å². The van der Waals surface area contributed by atoms with E-state index in [4.69, 9.17) is 21.4 Å². The smallest absolute Gasteiger partial charge is 0.120 e. The van der Waals surface area contributed by atoms with Gasteiger partial charge in [0.25, 0.3) is 0 Å². The summed E-state index contributed by atoms with van der Waals surface area (Å²) in [4.78, 5) is 1.98. The molecular weight excluding hydrogens is 262 g/mol. The van der Waals surface area contributed by atoms with Gasteiger partial charge in [0.2, 0.25) is 0 Å². The molecule has 0 atom stereocenters. The summed E-state index contributed by atoms with van der Waals surface area (Å²) in [7, 11) is 3.58. The van der Waals surface area contributed by atoms with Crippen LogP contribution in [0.2, 0.25) is 5.02 Å². The summed E-state index contributed by atoms with van der Waals surface area (Å²) < 4.78 is 5.21. The highest BCUT2D eigenvalue weighted by Gasteiger charge is 2.09. The summed E-state index contributed by atoms with van der Waals surface area (Å²) >= 11 is 6.24. The zero-order chi connectivity index (χ0) is 13.8. The maximum Gasteiger partial charge on any atom is 0.120 e. The number of aliphatic hydroxyl groups is 1. The van der Waals surface area contributed by atoms with Gasteiger partial charge in [-0.1, -0.05) is 23.7 Å². The first-order valence-electron chi connectivity index (χ1n) is 5.92. The van der Waals surface area contributed by atoms with Crippen LogP contribution in [0.25, 0.3) is 0 Å². The van der Waals surface area contributed by atoms with E-state index < -0.39 is 0 Å². The second-order valence-corrected chi connectivity index (χ2v) is 4.61. The van der Waals surface area contributed by atoms with Crippen LogP contribution >= 0.6 is 11.6 Å². The minimum atomic E-state index is -0.0110. The number of aliphatic hydroxyl groups excluding tert-OH is 1. The number of hydrogen-bond acceptors (Lipinski definition) is 3. The van der Waals surface area contributed by atoms with Crippen LogP contribution in [0, 0.1) is 0 Å². The molecule has 0 spiro atoms. The van der Waals surface area contributed by atoms with Crippen LogP contribution in [0.4, 0.5) is 11.4 Å². The lowest BCUT2D eigenvalue weighted by Gasteiger charge is -2.21. The Morgan fingerprint density at radius 3 is 2.63 bits per heavy atom. The molecule has 2 aromatic rings. The van der Waals surface area contributed by atoms with Crippen LogP contribution in [0.3, 0.4) is 0 Å². The molecular formula is C15H16ClNO2. The second-order valence-electron chi connectivity index (χ2n) is 4.20. The van der Waals surface area contributed by atoms with Gasteiger partial charge in [0.15, 0.2) is 0 Å². The highest BCUT2D eigenvalue weighted by atomic mass is 35.5. The second kappa shape index (κ2) is 5.95. The maximum absolute atomic E-state index is 9.09. The molecule has 0 unspecified atom stereocenters. The molecule has 0 saturated heterocycles. The van der Waals surface area contributed by atoms with Crippen molar-refractivity contribution in [2.45, 2.75) is 6.61 Å². The minimum Gasteiger partial charge on any atom is -0.497 e. The van der Waals surface area contributed by atoms with Gasteiger partial charge >= 0.3 is 0 Å². The summed E-state index contributed by atoms with van der Waals surface area (Å²) in [5, 5.41) is 9.70. The van der Waals surface area contributed by atoms with E-state index in [-0.39, 0.29) is 6.61 Å². The number of nitrogens with zero attached hydrogens (tertiary/aromatic N) is 1. The molecule has 0 bridgehead atoms. The predicted molar refractivity (Wildman–Crippen MR) is 78.4 cm³/mol. The molecule has 19 heavy (non-hydrogen) atoms. The Bertz CT molecular complexity index is 572. The van der Waals surface area contributed by atoms with E-state index >= 15 is 0 Å². The number of benzene rings is 2. The van der Waals surface area contributed by atoms with Crippen LogP contribution in [-0.4, -0.2) is 19.3 Å². The number of ether oxygens (including phenoxy) is 1. The van der Waals surface area contributed by atoms with Gasteiger partial charge in [0.05, 0.1) is 24.4 Å². The van der Waals surface area contributed by atoms with E-state index in [1.807, 2.05) is 48.3 Å². The van der Waals surface area contributed by atoms with E-state index in [1.165, 1.54) is 0 Å². The Kier molecular flexibility index (Phi) is 4.30. The van der Waals surface area contributed by atoms with Gasteiger partial charge in [-0.25, -0.2) is 0 Å². The van der Waals surface area contributed by atoms with Crippen molar-refractivity contribution < 1.29 is 9.84 Å². The van der Waals surface area contributed by atoms with Gasteiger partial charge in [-0.05, 0) is 29.8 Å². The molecule has 0 aliphatic carbocycles. The van der Waals surface area contributed by atoms with Crippen molar-refractivity contribution in [2.24, 2.45) is 0 Å². The summed E-state index contributed by atoms with van der Waals surface area (Å²) in [5.41, 5.74) is 2.66. The Labute approximate surface area is 118 Å². The van der Waals surface area contributed by atoms with Crippen LogP contribution in [0.5, 0.6) is 5.75 Å². The molecule has 0 radical (unpaired) electrons. The molecule has 1 N–H and O–H groups in total. The third-order valence-corrected chi connectivity index (χ3v) is 3.30. The Balaban J connectivity index is 2.35. The van der Waals surface area contributed by atoms with Crippen LogP contribution in [0.1, 0.15) is 5.56 Å². The first kappa shape index (κ1) is 13.7. The molecule has 0 aromatic heterocycles. The van der Waals surface area contributed by atoms with Crippen LogP contribution in [0.15, 0.2) is 42.5 Å². The van der Waals surface area contributed by atoms with Crippen molar-refractivity contribution >= 4 is 23.0 Å². The van der Waals surface area contributed by atoms with Gasteiger partial charge in [0, 0.05) is 18.8 Å². The van der Waals surface area contributed by atoms with E-state index in [0.29, 0.717) is 5.02 Å². The molecule has 3 nitrogen and oxygen atoms in total. The van der Waals surface area contributed by atoms with Gasteiger partial charge in [0.1, 0.15) is 5.75 Å². The minimum absolute atomic E-state index is 0.0110. The van der Waals surface area contributed by atoms with Crippen molar-refractivity contribution in [1.82, 2.24) is 0 Å². The predicted octanol–water partition coefficient (Wildman–Crippen LogP) is 3.61. The monoisotopic (exact) mass is 277 g/mol. The normalized spacial score (nSPS) is 10.3. The Hall–Kier alpha value is -1.71. The van der Waals surface area contributed by atoms with E-state index in [1.54, 1.807) is 13.2 Å². The Morgan fingerprint density at radius 2 is 2.00 bits per heavy atom. The number of anilines is 2. The zero-order valence-corrected chi connectivity index (χ0v) is 11.7. The molecule has 4 heteroatoms. The number of rotatable bonds is 4. The summed E-state index contributed by atoms with van der Waals surface area (Å²) in [6, 6.07) is 13.3. The number of methoxy groups -OCH3 is 1. The largest absolute Gasteiger partial charge is 0.497 e. The molecule has 0 amide bonds. The van der Waals surface area contributed by atoms with Gasteiger partial charge in [-0.15, -0.1) is 0 Å². The standard InChI is InChI=1S/C15H16ClNO2/c1-17(12-4-3-5-13(9-12)19-2)15-7-6-11(10-18)8-14(15)16/h3-9,18H,10H2,1-2H3. The third kappa shape index (κ3) is 3.00. The topological polar surface area (TPSA) is 32.7 Å². The lowest BCUT2D eigenvalue weighted by Crippen LogP contribution is -2.10. The van der Waals surface area contributed by atoms with Gasteiger partial charge in [-0.2, -0.15) is 0 Å². The lowest BCUT2D eigenvalue weighted by molar-refractivity contribution is 0.282. The molecule has 0 saturated carbocycles. The lowest BCUT2D eigenvalue weighted by atomic mass is 10.2. The molecule has 0 aliphatic rings. The van der Waals surface area contributed by atoms with Crippen molar-refractivity contribution in [2.75, 3.05) is 19.1 Å². The van der Waals surface area contributed by atoms with Crippen molar-refractivity contribution in [3.8, 4) is 5.75 Å². The average Bonchev–Trinajstić information content (AvgIpc) is 2.46. The fourth-order valence-electron chi connectivity index (χ4n) is 1.88. The number of halogens is 1. The molecule has 2 rings (SSSR count). The Morgan fingerprint density at radius 1 is 1.21 bits per heavy atom. The molecule has 0 fully saturated rings. The third-order valence-electron chi connectivity index (χ3n) is 3.00. The summed E-state index contributed by atoms with van der Waals surface area (Å²) in [6.45, 7) is -0.0110. The first-order valence-corrected chi connectivity index (χ1v) is 6.30. The molecule has 0 heterocycles. The fraction of sp³-hybridized carbons (Fsp3) is 0.200. The van der Waals surface area contributed by atoms with Crippen molar-refractivity contribution in [3.63, 3.8) is 0 Å².